The molecule has 1 aromatic carbocycles. The maximum atomic E-state index is 12.5. The van der Waals surface area contributed by atoms with Crippen LogP contribution in [0.1, 0.15) is 35.4 Å². The summed E-state index contributed by atoms with van der Waals surface area (Å²) in [6.45, 7) is 1.91. The first kappa shape index (κ1) is 15.6. The molecule has 0 atom stereocenters. The van der Waals surface area contributed by atoms with Crippen LogP contribution < -0.4 is 11.0 Å². The van der Waals surface area contributed by atoms with Crippen molar-refractivity contribution in [2.24, 2.45) is 0 Å². The van der Waals surface area contributed by atoms with Crippen LogP contribution in [-0.2, 0) is 6.54 Å². The molecule has 3 rings (SSSR count). The fourth-order valence-electron chi connectivity index (χ4n) is 2.64. The van der Waals surface area contributed by atoms with E-state index < -0.39 is 0 Å². The highest BCUT2D eigenvalue weighted by atomic mass is 35.5. The molecule has 0 spiro atoms. The second-order valence-electron chi connectivity index (χ2n) is 5.53. The SMILES string of the molecule is O=C(c1ccc(Cl)c(NCc2n[nH]c(=O)[nH]2)c1)N1CCCCC1. The molecule has 0 aliphatic carbocycles. The molecule has 7 nitrogen and oxygen atoms in total. The van der Waals surface area contributed by atoms with Crippen LogP contribution >= 0.6 is 11.6 Å². The molecule has 1 aliphatic rings. The minimum atomic E-state index is -0.359. The zero-order valence-corrected chi connectivity index (χ0v) is 13.3. The van der Waals surface area contributed by atoms with Gasteiger partial charge in [0.2, 0.25) is 0 Å². The lowest BCUT2D eigenvalue weighted by molar-refractivity contribution is 0.0724. The molecule has 1 amide bonds. The zero-order valence-electron chi connectivity index (χ0n) is 12.6. The van der Waals surface area contributed by atoms with Crippen molar-refractivity contribution in [2.75, 3.05) is 18.4 Å². The van der Waals surface area contributed by atoms with Crippen molar-refractivity contribution in [3.63, 3.8) is 0 Å². The van der Waals surface area contributed by atoms with Crippen molar-refractivity contribution in [3.05, 3.63) is 45.1 Å². The van der Waals surface area contributed by atoms with E-state index in [-0.39, 0.29) is 11.6 Å². The number of H-pyrrole nitrogens is 2. The van der Waals surface area contributed by atoms with Crippen LogP contribution in [0.15, 0.2) is 23.0 Å². The van der Waals surface area contributed by atoms with Gasteiger partial charge in [0.1, 0.15) is 5.82 Å². The van der Waals surface area contributed by atoms with Gasteiger partial charge in [0.25, 0.3) is 5.91 Å². The standard InChI is InChI=1S/C15H18ClN5O2/c16-11-5-4-10(14(22)21-6-2-1-3-7-21)8-12(11)17-9-13-18-15(23)20-19-13/h4-5,8,17H,1-3,6-7,9H2,(H2,18,19,20,23). The number of aromatic nitrogens is 3. The summed E-state index contributed by atoms with van der Waals surface area (Å²) in [5.41, 5.74) is 0.884. The number of amides is 1. The van der Waals surface area contributed by atoms with Gasteiger partial charge in [-0.15, -0.1) is 0 Å². The van der Waals surface area contributed by atoms with Crippen LogP contribution in [0.3, 0.4) is 0 Å². The second kappa shape index (κ2) is 6.87. The van der Waals surface area contributed by atoms with Crippen LogP contribution in [0.2, 0.25) is 5.02 Å². The molecule has 1 saturated heterocycles. The van der Waals surface area contributed by atoms with Crippen LogP contribution in [0, 0.1) is 0 Å². The maximum Gasteiger partial charge on any atom is 0.340 e. The Balaban J connectivity index is 1.72. The Kier molecular flexibility index (Phi) is 4.66. The maximum absolute atomic E-state index is 12.5. The monoisotopic (exact) mass is 335 g/mol. The summed E-state index contributed by atoms with van der Waals surface area (Å²) in [6.07, 6.45) is 3.28. The number of halogens is 1. The summed E-state index contributed by atoms with van der Waals surface area (Å²) in [7, 11) is 0. The van der Waals surface area contributed by atoms with Gasteiger partial charge in [0.05, 0.1) is 17.3 Å². The molecule has 0 saturated carbocycles. The fraction of sp³-hybridized carbons (Fsp3) is 0.400. The summed E-state index contributed by atoms with van der Waals surface area (Å²) in [4.78, 5) is 28.0. The summed E-state index contributed by atoms with van der Waals surface area (Å²) >= 11 is 6.17. The largest absolute Gasteiger partial charge is 0.377 e. The molecule has 1 aliphatic heterocycles. The van der Waals surface area contributed by atoms with Gasteiger partial charge < -0.3 is 10.2 Å². The Morgan fingerprint density at radius 1 is 1.30 bits per heavy atom. The molecule has 0 bridgehead atoms. The third-order valence-corrected chi connectivity index (χ3v) is 4.18. The number of rotatable bonds is 4. The van der Waals surface area contributed by atoms with E-state index in [2.05, 4.69) is 20.5 Å². The van der Waals surface area contributed by atoms with Crippen LogP contribution in [0.4, 0.5) is 5.69 Å². The summed E-state index contributed by atoms with van der Waals surface area (Å²) in [5, 5.41) is 9.71. The minimum absolute atomic E-state index is 0.0255. The van der Waals surface area contributed by atoms with Crippen molar-refractivity contribution >= 4 is 23.2 Å². The zero-order chi connectivity index (χ0) is 16.2. The van der Waals surface area contributed by atoms with E-state index >= 15 is 0 Å². The molecule has 2 heterocycles. The number of carbonyl (C=O) groups is 1. The van der Waals surface area contributed by atoms with E-state index in [9.17, 15) is 9.59 Å². The Hall–Kier alpha value is -2.28. The number of nitrogens with zero attached hydrogens (tertiary/aromatic N) is 2. The molecule has 2 aromatic rings. The third-order valence-electron chi connectivity index (χ3n) is 3.85. The van der Waals surface area contributed by atoms with Gasteiger partial charge in [-0.25, -0.2) is 9.89 Å². The molecule has 0 unspecified atom stereocenters. The minimum Gasteiger partial charge on any atom is -0.377 e. The van der Waals surface area contributed by atoms with Crippen LogP contribution in [0.5, 0.6) is 0 Å². The van der Waals surface area contributed by atoms with E-state index in [4.69, 9.17) is 11.6 Å². The van der Waals surface area contributed by atoms with E-state index in [1.54, 1.807) is 18.2 Å². The van der Waals surface area contributed by atoms with E-state index in [1.807, 2.05) is 4.90 Å². The van der Waals surface area contributed by atoms with Crippen LogP contribution in [0.25, 0.3) is 0 Å². The third kappa shape index (κ3) is 3.73. The number of aromatic amines is 2. The molecular weight excluding hydrogens is 318 g/mol. The predicted molar refractivity (Wildman–Crippen MR) is 87.7 cm³/mol. The molecule has 0 radical (unpaired) electrons. The van der Waals surface area contributed by atoms with E-state index in [1.165, 1.54) is 6.42 Å². The predicted octanol–water partition coefficient (Wildman–Crippen LogP) is 1.99. The van der Waals surface area contributed by atoms with Crippen molar-refractivity contribution in [2.45, 2.75) is 25.8 Å². The highest BCUT2D eigenvalue weighted by Gasteiger charge is 2.19. The van der Waals surface area contributed by atoms with E-state index in [0.29, 0.717) is 28.6 Å². The molecule has 1 fully saturated rings. The Morgan fingerprint density at radius 2 is 2.09 bits per heavy atom. The molecule has 1 aromatic heterocycles. The van der Waals surface area contributed by atoms with Gasteiger partial charge in [-0.2, -0.15) is 5.10 Å². The second-order valence-corrected chi connectivity index (χ2v) is 5.93. The number of carbonyl (C=O) groups excluding carboxylic acids is 1. The first-order valence-corrected chi connectivity index (χ1v) is 7.97. The number of hydrogen-bond acceptors (Lipinski definition) is 4. The molecular formula is C15H18ClN5O2. The first-order chi connectivity index (χ1) is 11.1. The summed E-state index contributed by atoms with van der Waals surface area (Å²) < 4.78 is 0. The van der Waals surface area contributed by atoms with Gasteiger partial charge in [-0.1, -0.05) is 11.6 Å². The average Bonchev–Trinajstić information content (AvgIpc) is 3.00. The lowest BCUT2D eigenvalue weighted by Crippen LogP contribution is -2.35. The number of piperidine rings is 1. The molecule has 8 heteroatoms. The Morgan fingerprint density at radius 3 is 2.78 bits per heavy atom. The van der Waals surface area contributed by atoms with Crippen molar-refractivity contribution in [3.8, 4) is 0 Å². The van der Waals surface area contributed by atoms with Crippen molar-refractivity contribution in [1.82, 2.24) is 20.1 Å². The highest BCUT2D eigenvalue weighted by molar-refractivity contribution is 6.33. The van der Waals surface area contributed by atoms with Gasteiger partial charge in [-0.3, -0.25) is 9.78 Å². The molecule has 122 valence electrons. The van der Waals surface area contributed by atoms with Crippen LogP contribution in [-0.4, -0.2) is 39.1 Å². The number of hydrogen-bond donors (Lipinski definition) is 3. The van der Waals surface area contributed by atoms with Gasteiger partial charge in [0, 0.05) is 18.7 Å². The molecule has 23 heavy (non-hydrogen) atoms. The summed E-state index contributed by atoms with van der Waals surface area (Å²) in [5.74, 6) is 0.497. The lowest BCUT2D eigenvalue weighted by Gasteiger charge is -2.27. The van der Waals surface area contributed by atoms with Gasteiger partial charge >= 0.3 is 5.69 Å². The highest BCUT2D eigenvalue weighted by Crippen LogP contribution is 2.24. The average molecular weight is 336 g/mol. The van der Waals surface area contributed by atoms with Crippen molar-refractivity contribution < 1.29 is 4.79 Å². The van der Waals surface area contributed by atoms with E-state index in [0.717, 1.165) is 25.9 Å². The van der Waals surface area contributed by atoms with Gasteiger partial charge in [-0.05, 0) is 37.5 Å². The summed E-state index contributed by atoms with van der Waals surface area (Å²) in [6, 6.07) is 5.18. The smallest absolute Gasteiger partial charge is 0.340 e. The quantitative estimate of drug-likeness (QED) is 0.796. The van der Waals surface area contributed by atoms with Crippen molar-refractivity contribution in [1.29, 1.82) is 0 Å². The number of nitrogens with one attached hydrogen (secondary N) is 3. The number of anilines is 1. The normalized spacial score (nSPS) is 14.7. The first-order valence-electron chi connectivity index (χ1n) is 7.60. The Bertz CT molecular complexity index is 748. The van der Waals surface area contributed by atoms with Gasteiger partial charge in [0.15, 0.2) is 0 Å². The molecule has 3 N–H and O–H groups in total. The topological polar surface area (TPSA) is 93.9 Å². The lowest BCUT2D eigenvalue weighted by atomic mass is 10.1. The number of benzene rings is 1. The number of likely N-dealkylation sites (tertiary alicyclic amines) is 1. The Labute approximate surface area is 138 Å². The fourth-order valence-corrected chi connectivity index (χ4v) is 2.83.